The minimum absolute atomic E-state index is 0.148. The van der Waals surface area contributed by atoms with Gasteiger partial charge in [0.25, 0.3) is 0 Å². The van der Waals surface area contributed by atoms with Crippen LogP contribution >= 0.6 is 12.2 Å². The summed E-state index contributed by atoms with van der Waals surface area (Å²) in [6.45, 7) is 4.05. The third-order valence-corrected chi connectivity index (χ3v) is 2.82. The van der Waals surface area contributed by atoms with Gasteiger partial charge in [0, 0.05) is 23.1 Å². The first-order valence-electron chi connectivity index (χ1n) is 5.78. The van der Waals surface area contributed by atoms with Crippen molar-refractivity contribution in [2.75, 3.05) is 0 Å². The highest BCUT2D eigenvalue weighted by molar-refractivity contribution is 7.80. The van der Waals surface area contributed by atoms with Crippen LogP contribution in [0, 0.1) is 13.8 Å². The molecule has 0 saturated heterocycles. The summed E-state index contributed by atoms with van der Waals surface area (Å²) >= 11 is 4.69. The van der Waals surface area contributed by atoms with E-state index in [4.69, 9.17) is 5.73 Å². The Kier molecular flexibility index (Phi) is 3.91. The summed E-state index contributed by atoms with van der Waals surface area (Å²) in [5.41, 5.74) is 11.0. The number of aromatic nitrogens is 2. The number of nitrogens with one attached hydrogen (secondary N) is 1. The molecule has 0 amide bonds. The molecule has 0 spiro atoms. The van der Waals surface area contributed by atoms with Gasteiger partial charge in [0.05, 0.1) is 6.21 Å². The molecular formula is C13H15N5S. The molecule has 2 aromatic rings. The zero-order valence-electron chi connectivity index (χ0n) is 10.8. The molecule has 0 aromatic carbocycles. The lowest BCUT2D eigenvalue weighted by Gasteiger charge is -2.07. The summed E-state index contributed by atoms with van der Waals surface area (Å²) in [7, 11) is 0. The second-order valence-electron chi connectivity index (χ2n) is 4.08. The first-order valence-corrected chi connectivity index (χ1v) is 6.19. The number of rotatable bonds is 3. The van der Waals surface area contributed by atoms with Gasteiger partial charge in [-0.15, -0.1) is 0 Å². The van der Waals surface area contributed by atoms with Crippen molar-refractivity contribution in [1.29, 1.82) is 0 Å². The average molecular weight is 273 g/mol. The van der Waals surface area contributed by atoms with Crippen molar-refractivity contribution in [2.45, 2.75) is 13.8 Å². The highest BCUT2D eigenvalue weighted by Gasteiger charge is 2.09. The molecule has 0 atom stereocenters. The van der Waals surface area contributed by atoms with Crippen LogP contribution in [0.4, 0.5) is 0 Å². The van der Waals surface area contributed by atoms with E-state index in [2.05, 4.69) is 32.3 Å². The number of thiocarbonyl (C=S) groups is 1. The largest absolute Gasteiger partial charge is 0.375 e. The molecule has 6 heteroatoms. The number of pyridine rings is 1. The van der Waals surface area contributed by atoms with Crippen LogP contribution in [-0.2, 0) is 0 Å². The quantitative estimate of drug-likeness (QED) is 0.507. The number of nitrogens with zero attached hydrogens (tertiary/aromatic N) is 3. The minimum atomic E-state index is 0.148. The smallest absolute Gasteiger partial charge is 0.184 e. The Morgan fingerprint density at radius 2 is 2.26 bits per heavy atom. The van der Waals surface area contributed by atoms with E-state index in [-0.39, 0.29) is 5.11 Å². The van der Waals surface area contributed by atoms with Crippen molar-refractivity contribution in [3.63, 3.8) is 0 Å². The maximum atomic E-state index is 5.31. The third kappa shape index (κ3) is 2.97. The van der Waals surface area contributed by atoms with Crippen molar-refractivity contribution in [3.05, 3.63) is 47.4 Å². The van der Waals surface area contributed by atoms with Gasteiger partial charge in [-0.2, -0.15) is 5.10 Å². The molecule has 3 N–H and O–H groups in total. The van der Waals surface area contributed by atoms with E-state index in [9.17, 15) is 0 Å². The van der Waals surface area contributed by atoms with Gasteiger partial charge in [-0.25, -0.2) is 4.98 Å². The topological polar surface area (TPSA) is 68.2 Å². The first kappa shape index (κ1) is 13.2. The first-order chi connectivity index (χ1) is 9.09. The Morgan fingerprint density at radius 3 is 2.89 bits per heavy atom. The SMILES string of the molecule is Cc1cc(/C=N\NC(N)=S)c(C)n1-c1ccccn1. The Bertz CT molecular complexity index is 615. The standard InChI is InChI=1S/C13H15N5S/c1-9-7-11(8-16-17-13(14)19)10(2)18(9)12-5-3-4-6-15-12/h3-8H,1-2H3,(H3,14,17,19)/b16-8-. The van der Waals surface area contributed by atoms with E-state index in [0.29, 0.717) is 0 Å². The molecule has 0 bridgehead atoms. The molecule has 5 nitrogen and oxygen atoms in total. The van der Waals surface area contributed by atoms with Crippen LogP contribution in [0.15, 0.2) is 35.6 Å². The van der Waals surface area contributed by atoms with E-state index >= 15 is 0 Å². The van der Waals surface area contributed by atoms with E-state index in [1.165, 1.54) is 0 Å². The Hall–Kier alpha value is -2.21. The van der Waals surface area contributed by atoms with Crippen molar-refractivity contribution in [3.8, 4) is 5.82 Å². The predicted octanol–water partition coefficient (Wildman–Crippen LogP) is 1.66. The molecule has 0 unspecified atom stereocenters. The molecule has 19 heavy (non-hydrogen) atoms. The maximum Gasteiger partial charge on any atom is 0.184 e. The summed E-state index contributed by atoms with van der Waals surface area (Å²) in [6, 6.07) is 7.86. The summed E-state index contributed by atoms with van der Waals surface area (Å²) < 4.78 is 2.07. The molecule has 0 fully saturated rings. The summed E-state index contributed by atoms with van der Waals surface area (Å²) in [5.74, 6) is 0.888. The Balaban J connectivity index is 2.35. The molecule has 2 aromatic heterocycles. The number of aryl methyl sites for hydroxylation is 1. The van der Waals surface area contributed by atoms with Gasteiger partial charge >= 0.3 is 0 Å². The van der Waals surface area contributed by atoms with E-state index in [0.717, 1.165) is 22.8 Å². The molecule has 0 aliphatic heterocycles. The molecule has 0 saturated carbocycles. The monoisotopic (exact) mass is 273 g/mol. The zero-order chi connectivity index (χ0) is 13.8. The summed E-state index contributed by atoms with van der Waals surface area (Å²) in [4.78, 5) is 4.35. The van der Waals surface area contributed by atoms with Gasteiger partial charge in [0.1, 0.15) is 5.82 Å². The van der Waals surface area contributed by atoms with Crippen LogP contribution in [0.2, 0.25) is 0 Å². The summed E-state index contributed by atoms with van der Waals surface area (Å²) in [6.07, 6.45) is 3.47. The van der Waals surface area contributed by atoms with E-state index in [1.54, 1.807) is 12.4 Å². The fourth-order valence-electron chi connectivity index (χ4n) is 1.92. The lowest BCUT2D eigenvalue weighted by Crippen LogP contribution is -2.24. The highest BCUT2D eigenvalue weighted by atomic mass is 32.1. The maximum absolute atomic E-state index is 5.31. The lowest BCUT2D eigenvalue weighted by atomic mass is 10.3. The normalized spacial score (nSPS) is 10.8. The van der Waals surface area contributed by atoms with Crippen LogP contribution in [0.25, 0.3) is 5.82 Å². The molecule has 0 radical (unpaired) electrons. The number of nitrogens with two attached hydrogens (primary N) is 1. The molecule has 2 heterocycles. The van der Waals surface area contributed by atoms with Crippen LogP contribution in [0.5, 0.6) is 0 Å². The predicted molar refractivity (Wildman–Crippen MR) is 80.6 cm³/mol. The number of hydrazone groups is 1. The van der Waals surface area contributed by atoms with Crippen molar-refractivity contribution >= 4 is 23.5 Å². The average Bonchev–Trinajstić information content (AvgIpc) is 2.65. The molecule has 98 valence electrons. The lowest BCUT2D eigenvalue weighted by molar-refractivity contribution is 0.921. The van der Waals surface area contributed by atoms with Crippen molar-refractivity contribution < 1.29 is 0 Å². The van der Waals surface area contributed by atoms with Gasteiger partial charge in [-0.3, -0.25) is 5.43 Å². The molecule has 2 rings (SSSR count). The van der Waals surface area contributed by atoms with Crippen molar-refractivity contribution in [1.82, 2.24) is 15.0 Å². The van der Waals surface area contributed by atoms with E-state index < -0.39 is 0 Å². The van der Waals surface area contributed by atoms with Crippen LogP contribution in [0.3, 0.4) is 0 Å². The summed E-state index contributed by atoms with van der Waals surface area (Å²) in [5, 5.41) is 4.12. The second-order valence-corrected chi connectivity index (χ2v) is 4.52. The van der Waals surface area contributed by atoms with Gasteiger partial charge in [0.2, 0.25) is 0 Å². The van der Waals surface area contributed by atoms with Crippen LogP contribution in [-0.4, -0.2) is 20.9 Å². The Morgan fingerprint density at radius 1 is 1.47 bits per heavy atom. The molecule has 0 aliphatic rings. The van der Waals surface area contributed by atoms with E-state index in [1.807, 2.05) is 38.1 Å². The third-order valence-electron chi connectivity index (χ3n) is 2.73. The Labute approximate surface area is 117 Å². The van der Waals surface area contributed by atoms with Gasteiger partial charge in [0.15, 0.2) is 5.11 Å². The second kappa shape index (κ2) is 5.62. The van der Waals surface area contributed by atoms with Crippen LogP contribution < -0.4 is 11.2 Å². The number of hydrogen-bond donors (Lipinski definition) is 2. The highest BCUT2D eigenvalue weighted by Crippen LogP contribution is 2.17. The minimum Gasteiger partial charge on any atom is -0.375 e. The van der Waals surface area contributed by atoms with Gasteiger partial charge < -0.3 is 10.3 Å². The van der Waals surface area contributed by atoms with Crippen molar-refractivity contribution in [2.24, 2.45) is 10.8 Å². The van der Waals surface area contributed by atoms with Gasteiger partial charge in [-0.05, 0) is 44.3 Å². The molecular weight excluding hydrogens is 258 g/mol. The van der Waals surface area contributed by atoms with Crippen LogP contribution in [0.1, 0.15) is 17.0 Å². The molecule has 0 aliphatic carbocycles. The number of hydrogen-bond acceptors (Lipinski definition) is 3. The zero-order valence-corrected chi connectivity index (χ0v) is 11.6. The fourth-order valence-corrected chi connectivity index (χ4v) is 1.98. The fraction of sp³-hybridized carbons (Fsp3) is 0.154. The van der Waals surface area contributed by atoms with Gasteiger partial charge in [-0.1, -0.05) is 6.07 Å².